The highest BCUT2D eigenvalue weighted by molar-refractivity contribution is 5.85. The Morgan fingerprint density at radius 2 is 2.06 bits per heavy atom. The van der Waals surface area contributed by atoms with Crippen LogP contribution in [0.2, 0.25) is 0 Å². The van der Waals surface area contributed by atoms with Gasteiger partial charge in [-0.15, -0.1) is 12.4 Å². The fraction of sp³-hybridized carbons (Fsp3) is 0.600. The number of hydrogen-bond donors (Lipinski definition) is 1. The molecular weight excluding hydrogens is 230 g/mol. The van der Waals surface area contributed by atoms with Gasteiger partial charge in [0.2, 0.25) is 0 Å². The van der Waals surface area contributed by atoms with Gasteiger partial charge in [-0.1, -0.05) is 24.6 Å². The zero-order chi connectivity index (χ0) is 10.8. The molecule has 1 aromatic carbocycles. The molecule has 1 aromatic rings. The van der Waals surface area contributed by atoms with Crippen LogP contribution in [-0.2, 0) is 19.3 Å². The number of nitrogens with one attached hydrogen (secondary N) is 1. The van der Waals surface area contributed by atoms with E-state index in [1.54, 1.807) is 16.7 Å². The van der Waals surface area contributed by atoms with Crippen molar-refractivity contribution in [3.8, 4) is 0 Å². The number of aryl methyl sites for hydroxylation is 1. The van der Waals surface area contributed by atoms with Crippen molar-refractivity contribution in [2.75, 3.05) is 6.54 Å². The third-order valence-electron chi connectivity index (χ3n) is 4.12. The summed E-state index contributed by atoms with van der Waals surface area (Å²) in [6, 6.07) is 7.66. The Balaban J connectivity index is 0.00000108. The Kier molecular flexibility index (Phi) is 4.47. The molecule has 0 saturated carbocycles. The van der Waals surface area contributed by atoms with Gasteiger partial charge in [-0.3, -0.25) is 0 Å². The molecule has 0 spiro atoms. The minimum absolute atomic E-state index is 0. The first kappa shape index (κ1) is 12.9. The highest BCUT2D eigenvalue weighted by Crippen LogP contribution is 2.26. The maximum absolute atomic E-state index is 3.66. The van der Waals surface area contributed by atoms with Crippen molar-refractivity contribution in [1.82, 2.24) is 5.32 Å². The Bertz CT molecular complexity index is 369. The van der Waals surface area contributed by atoms with Crippen LogP contribution in [0.15, 0.2) is 18.2 Å². The molecule has 0 radical (unpaired) electrons. The lowest BCUT2D eigenvalue weighted by atomic mass is 9.93. The van der Waals surface area contributed by atoms with E-state index in [-0.39, 0.29) is 12.4 Å². The first-order chi connectivity index (χ1) is 7.93. The summed E-state index contributed by atoms with van der Waals surface area (Å²) in [4.78, 5) is 0. The molecule has 1 aliphatic carbocycles. The number of rotatable bonds is 2. The van der Waals surface area contributed by atoms with Crippen LogP contribution in [-0.4, -0.2) is 12.6 Å². The molecule has 1 aliphatic heterocycles. The number of hydrogen-bond acceptors (Lipinski definition) is 1. The summed E-state index contributed by atoms with van der Waals surface area (Å²) in [5, 5.41) is 3.66. The van der Waals surface area contributed by atoms with Crippen molar-refractivity contribution in [2.24, 2.45) is 0 Å². The Labute approximate surface area is 110 Å². The van der Waals surface area contributed by atoms with Crippen LogP contribution in [0.3, 0.4) is 0 Å². The molecule has 1 nitrogen and oxygen atoms in total. The maximum Gasteiger partial charge on any atom is 0.0108 e. The second-order valence-corrected chi connectivity index (χ2v) is 5.26. The lowest BCUT2D eigenvalue weighted by Crippen LogP contribution is -2.35. The average Bonchev–Trinajstić information content (AvgIpc) is 2.80. The largest absolute Gasteiger partial charge is 0.314 e. The SMILES string of the molecule is Cl.c1cc2c(c(CC3CCCCN3)c1)CCC2. The highest BCUT2D eigenvalue weighted by atomic mass is 35.5. The third kappa shape index (κ3) is 2.83. The van der Waals surface area contributed by atoms with Gasteiger partial charge in [0, 0.05) is 6.04 Å². The van der Waals surface area contributed by atoms with E-state index in [1.807, 2.05) is 0 Å². The van der Waals surface area contributed by atoms with E-state index in [0.29, 0.717) is 0 Å². The molecule has 1 unspecified atom stereocenters. The number of piperidine rings is 1. The summed E-state index contributed by atoms with van der Waals surface area (Å²) < 4.78 is 0. The summed E-state index contributed by atoms with van der Waals surface area (Å²) in [5.41, 5.74) is 4.91. The molecule has 1 heterocycles. The molecule has 3 rings (SSSR count). The molecule has 0 aromatic heterocycles. The van der Waals surface area contributed by atoms with Gasteiger partial charge in [0.05, 0.1) is 0 Å². The van der Waals surface area contributed by atoms with Gasteiger partial charge in [-0.05, 0) is 61.8 Å². The van der Waals surface area contributed by atoms with Gasteiger partial charge in [0.25, 0.3) is 0 Å². The smallest absolute Gasteiger partial charge is 0.0108 e. The van der Waals surface area contributed by atoms with E-state index in [1.165, 1.54) is 51.5 Å². The van der Waals surface area contributed by atoms with Crippen molar-refractivity contribution in [1.29, 1.82) is 0 Å². The predicted octanol–water partition coefficient (Wildman–Crippen LogP) is 3.28. The van der Waals surface area contributed by atoms with E-state index < -0.39 is 0 Å². The monoisotopic (exact) mass is 251 g/mol. The minimum Gasteiger partial charge on any atom is -0.314 e. The molecule has 0 bridgehead atoms. The van der Waals surface area contributed by atoms with Gasteiger partial charge in [-0.2, -0.15) is 0 Å². The predicted molar refractivity (Wildman–Crippen MR) is 75.1 cm³/mol. The summed E-state index contributed by atoms with van der Waals surface area (Å²) in [5.74, 6) is 0. The van der Waals surface area contributed by atoms with E-state index >= 15 is 0 Å². The summed E-state index contributed by atoms with van der Waals surface area (Å²) in [6.07, 6.45) is 9.38. The molecule has 2 heteroatoms. The standard InChI is InChI=1S/C15H21N.ClH/c1-2-10-16-14(8-1)11-13-7-3-5-12-6-4-9-15(12)13;/h3,5,7,14,16H,1-2,4,6,8-11H2;1H. The summed E-state index contributed by atoms with van der Waals surface area (Å²) in [7, 11) is 0. The quantitative estimate of drug-likeness (QED) is 0.851. The Morgan fingerprint density at radius 1 is 1.12 bits per heavy atom. The van der Waals surface area contributed by atoms with Crippen molar-refractivity contribution in [3.63, 3.8) is 0 Å². The fourth-order valence-corrected chi connectivity index (χ4v) is 3.25. The lowest BCUT2D eigenvalue weighted by Gasteiger charge is -2.24. The van der Waals surface area contributed by atoms with Crippen molar-refractivity contribution in [2.45, 2.75) is 51.0 Å². The Hall–Kier alpha value is -0.530. The van der Waals surface area contributed by atoms with Crippen LogP contribution in [0.25, 0.3) is 0 Å². The highest BCUT2D eigenvalue weighted by Gasteiger charge is 2.18. The average molecular weight is 252 g/mol. The number of fused-ring (bicyclic) bond motifs is 1. The number of halogens is 1. The lowest BCUT2D eigenvalue weighted by molar-refractivity contribution is 0.399. The van der Waals surface area contributed by atoms with E-state index in [4.69, 9.17) is 0 Å². The van der Waals surface area contributed by atoms with E-state index in [2.05, 4.69) is 23.5 Å². The molecular formula is C15H22ClN. The summed E-state index contributed by atoms with van der Waals surface area (Å²) >= 11 is 0. The Morgan fingerprint density at radius 3 is 2.88 bits per heavy atom. The van der Waals surface area contributed by atoms with Crippen LogP contribution in [0.4, 0.5) is 0 Å². The van der Waals surface area contributed by atoms with Gasteiger partial charge < -0.3 is 5.32 Å². The summed E-state index contributed by atoms with van der Waals surface area (Å²) in [6.45, 7) is 1.22. The fourth-order valence-electron chi connectivity index (χ4n) is 3.25. The van der Waals surface area contributed by atoms with Gasteiger partial charge >= 0.3 is 0 Å². The van der Waals surface area contributed by atoms with E-state index in [9.17, 15) is 0 Å². The van der Waals surface area contributed by atoms with Crippen LogP contribution in [0.1, 0.15) is 42.4 Å². The zero-order valence-corrected chi connectivity index (χ0v) is 11.2. The van der Waals surface area contributed by atoms with Crippen LogP contribution in [0.5, 0.6) is 0 Å². The second kappa shape index (κ2) is 5.88. The van der Waals surface area contributed by atoms with Crippen LogP contribution < -0.4 is 5.32 Å². The molecule has 1 N–H and O–H groups in total. The first-order valence-corrected chi connectivity index (χ1v) is 6.76. The maximum atomic E-state index is 3.66. The zero-order valence-electron chi connectivity index (χ0n) is 10.4. The van der Waals surface area contributed by atoms with Crippen molar-refractivity contribution >= 4 is 12.4 Å². The van der Waals surface area contributed by atoms with Crippen molar-refractivity contribution in [3.05, 3.63) is 34.9 Å². The molecule has 1 saturated heterocycles. The molecule has 94 valence electrons. The molecule has 1 atom stereocenters. The number of benzene rings is 1. The molecule has 2 aliphatic rings. The van der Waals surface area contributed by atoms with Crippen LogP contribution >= 0.6 is 12.4 Å². The normalized spacial score (nSPS) is 22.9. The second-order valence-electron chi connectivity index (χ2n) is 5.26. The third-order valence-corrected chi connectivity index (χ3v) is 4.12. The van der Waals surface area contributed by atoms with Gasteiger partial charge in [0.15, 0.2) is 0 Å². The molecule has 1 fully saturated rings. The van der Waals surface area contributed by atoms with Crippen molar-refractivity contribution < 1.29 is 0 Å². The molecule has 17 heavy (non-hydrogen) atoms. The topological polar surface area (TPSA) is 12.0 Å². The first-order valence-electron chi connectivity index (χ1n) is 6.76. The van der Waals surface area contributed by atoms with Crippen LogP contribution in [0, 0.1) is 0 Å². The van der Waals surface area contributed by atoms with E-state index in [0.717, 1.165) is 6.04 Å². The van der Waals surface area contributed by atoms with Gasteiger partial charge in [-0.25, -0.2) is 0 Å². The molecule has 0 amide bonds. The van der Waals surface area contributed by atoms with Gasteiger partial charge in [0.1, 0.15) is 0 Å². The minimum atomic E-state index is 0.